The van der Waals surface area contributed by atoms with E-state index in [9.17, 15) is 14.0 Å². The van der Waals surface area contributed by atoms with Gasteiger partial charge in [0.1, 0.15) is 11.8 Å². The summed E-state index contributed by atoms with van der Waals surface area (Å²) in [5.74, 6) is -0.451. The van der Waals surface area contributed by atoms with E-state index in [1.165, 1.54) is 11.0 Å². The first-order chi connectivity index (χ1) is 9.56. The lowest BCUT2D eigenvalue weighted by Crippen LogP contribution is -2.29. The zero-order valence-corrected chi connectivity index (χ0v) is 11.1. The van der Waals surface area contributed by atoms with E-state index in [0.29, 0.717) is 23.9 Å². The number of nitrogens with zero attached hydrogens (tertiary/aromatic N) is 1. The summed E-state index contributed by atoms with van der Waals surface area (Å²) in [6.07, 6.45) is -0.656. The fourth-order valence-electron chi connectivity index (χ4n) is 2.54. The van der Waals surface area contributed by atoms with Crippen molar-refractivity contribution >= 4 is 16.9 Å². The summed E-state index contributed by atoms with van der Waals surface area (Å²) in [6, 6.07) is 6.43. The third kappa shape index (κ3) is 2.09. The van der Waals surface area contributed by atoms with Gasteiger partial charge in [-0.05, 0) is 25.0 Å². The van der Waals surface area contributed by atoms with E-state index in [2.05, 4.69) is 0 Å². The van der Waals surface area contributed by atoms with Crippen molar-refractivity contribution in [1.82, 2.24) is 4.90 Å². The van der Waals surface area contributed by atoms with Crippen LogP contribution in [0.25, 0.3) is 11.0 Å². The molecule has 3 rings (SSSR count). The molecule has 1 aromatic carbocycles. The Morgan fingerprint density at radius 3 is 2.95 bits per heavy atom. The minimum atomic E-state index is -0.992. The number of carbonyl (C=O) groups is 1. The highest BCUT2D eigenvalue weighted by Crippen LogP contribution is 2.19. The van der Waals surface area contributed by atoms with Crippen molar-refractivity contribution in [2.24, 2.45) is 0 Å². The second kappa shape index (κ2) is 4.74. The van der Waals surface area contributed by atoms with Crippen LogP contribution in [-0.4, -0.2) is 30.1 Å². The molecule has 4 nitrogen and oxygen atoms in total. The smallest absolute Gasteiger partial charge is 0.289 e. The summed E-state index contributed by atoms with van der Waals surface area (Å²) in [5, 5.41) is 0.480. The summed E-state index contributed by atoms with van der Waals surface area (Å²) < 4.78 is 18.7. The average molecular weight is 275 g/mol. The quantitative estimate of drug-likeness (QED) is 0.802. The predicted octanol–water partition coefficient (Wildman–Crippen LogP) is 2.29. The van der Waals surface area contributed by atoms with Gasteiger partial charge in [-0.1, -0.05) is 12.1 Å². The van der Waals surface area contributed by atoms with Gasteiger partial charge in [-0.2, -0.15) is 0 Å². The number of benzene rings is 1. The third-order valence-corrected chi connectivity index (χ3v) is 3.59. The maximum Gasteiger partial charge on any atom is 0.289 e. The molecule has 1 aromatic heterocycles. The van der Waals surface area contributed by atoms with Crippen molar-refractivity contribution < 1.29 is 13.6 Å². The van der Waals surface area contributed by atoms with Crippen LogP contribution in [0.15, 0.2) is 33.5 Å². The van der Waals surface area contributed by atoms with E-state index in [1.807, 2.05) is 13.0 Å². The lowest BCUT2D eigenvalue weighted by atomic mass is 10.1. The number of carbonyl (C=O) groups excluding carboxylic acids is 1. The Bertz CT molecular complexity index is 737. The number of fused-ring (bicyclic) bond motifs is 1. The van der Waals surface area contributed by atoms with Crippen LogP contribution >= 0.6 is 0 Å². The zero-order chi connectivity index (χ0) is 14.3. The second-order valence-electron chi connectivity index (χ2n) is 5.06. The zero-order valence-electron chi connectivity index (χ0n) is 11.1. The molecule has 1 atom stereocenters. The molecule has 1 aliphatic rings. The van der Waals surface area contributed by atoms with Gasteiger partial charge in [0.2, 0.25) is 0 Å². The molecule has 2 aromatic rings. The lowest BCUT2D eigenvalue weighted by Gasteiger charge is -2.14. The van der Waals surface area contributed by atoms with Crippen molar-refractivity contribution in [1.29, 1.82) is 0 Å². The molecule has 0 radical (unpaired) electrons. The van der Waals surface area contributed by atoms with Crippen LogP contribution < -0.4 is 5.43 Å². The van der Waals surface area contributed by atoms with Crippen molar-refractivity contribution in [3.63, 3.8) is 0 Å². The highest BCUT2D eigenvalue weighted by molar-refractivity contribution is 5.93. The van der Waals surface area contributed by atoms with E-state index >= 15 is 0 Å². The Labute approximate surface area is 114 Å². The number of amides is 1. The molecule has 104 valence electrons. The van der Waals surface area contributed by atoms with Crippen molar-refractivity contribution in [3.8, 4) is 0 Å². The van der Waals surface area contributed by atoms with Crippen LogP contribution in [0.2, 0.25) is 0 Å². The second-order valence-corrected chi connectivity index (χ2v) is 5.06. The fraction of sp³-hybridized carbons (Fsp3) is 0.333. The molecule has 0 bridgehead atoms. The predicted molar refractivity (Wildman–Crippen MR) is 72.6 cm³/mol. The van der Waals surface area contributed by atoms with E-state index in [0.717, 1.165) is 5.56 Å². The van der Waals surface area contributed by atoms with Gasteiger partial charge < -0.3 is 9.32 Å². The van der Waals surface area contributed by atoms with Gasteiger partial charge in [-0.25, -0.2) is 4.39 Å². The molecule has 1 fully saturated rings. The van der Waals surface area contributed by atoms with Gasteiger partial charge in [0.05, 0.1) is 11.9 Å². The summed E-state index contributed by atoms with van der Waals surface area (Å²) in [4.78, 5) is 25.7. The molecule has 1 saturated heterocycles. The highest BCUT2D eigenvalue weighted by Gasteiger charge is 2.28. The maximum absolute atomic E-state index is 13.1. The standard InChI is InChI=1S/C15H14FNO3/c1-9-3-2-4-12-14(9)11(18)7-13(20-12)15(19)17-6-5-10(16)8-17/h2-4,7,10H,5-6,8H2,1H3/t10-/m1/s1. The van der Waals surface area contributed by atoms with Gasteiger partial charge in [-0.15, -0.1) is 0 Å². The number of hydrogen-bond acceptors (Lipinski definition) is 3. The number of hydrogen-bond donors (Lipinski definition) is 0. The first-order valence-corrected chi connectivity index (χ1v) is 6.53. The normalized spacial score (nSPS) is 18.7. The van der Waals surface area contributed by atoms with E-state index in [-0.39, 0.29) is 17.7 Å². The summed E-state index contributed by atoms with van der Waals surface area (Å²) >= 11 is 0. The van der Waals surface area contributed by atoms with Gasteiger partial charge in [0.15, 0.2) is 11.2 Å². The largest absolute Gasteiger partial charge is 0.451 e. The van der Waals surface area contributed by atoms with Crippen LogP contribution in [0.3, 0.4) is 0 Å². The molecule has 0 N–H and O–H groups in total. The van der Waals surface area contributed by atoms with Gasteiger partial charge in [0.25, 0.3) is 5.91 Å². The van der Waals surface area contributed by atoms with Gasteiger partial charge in [-0.3, -0.25) is 9.59 Å². The SMILES string of the molecule is Cc1cccc2oc(C(=O)N3CC[C@@H](F)C3)cc(=O)c12. The molecular weight excluding hydrogens is 261 g/mol. The first-order valence-electron chi connectivity index (χ1n) is 6.53. The number of alkyl halides is 1. The highest BCUT2D eigenvalue weighted by atomic mass is 19.1. The molecule has 0 aliphatic carbocycles. The molecule has 2 heterocycles. The third-order valence-electron chi connectivity index (χ3n) is 3.59. The minimum Gasteiger partial charge on any atom is -0.451 e. The minimum absolute atomic E-state index is 0.0257. The number of rotatable bonds is 1. The molecule has 0 unspecified atom stereocenters. The van der Waals surface area contributed by atoms with Gasteiger partial charge >= 0.3 is 0 Å². The number of aryl methyl sites for hydroxylation is 1. The monoisotopic (exact) mass is 275 g/mol. The summed E-state index contributed by atoms with van der Waals surface area (Å²) in [5.41, 5.74) is 0.945. The van der Waals surface area contributed by atoms with Crippen LogP contribution in [0.1, 0.15) is 22.5 Å². The average Bonchev–Trinajstić information content (AvgIpc) is 2.84. The van der Waals surface area contributed by atoms with Crippen LogP contribution in [0.5, 0.6) is 0 Å². The molecule has 1 aliphatic heterocycles. The molecule has 5 heteroatoms. The Kier molecular flexibility index (Phi) is 3.04. The van der Waals surface area contributed by atoms with Gasteiger partial charge in [0, 0.05) is 12.6 Å². The first kappa shape index (κ1) is 12.8. The Morgan fingerprint density at radius 2 is 2.25 bits per heavy atom. The summed E-state index contributed by atoms with van der Waals surface area (Å²) in [6.45, 7) is 2.23. The topological polar surface area (TPSA) is 50.5 Å². The molecule has 1 amide bonds. The summed E-state index contributed by atoms with van der Waals surface area (Å²) in [7, 11) is 0. The molecule has 0 spiro atoms. The molecule has 0 saturated carbocycles. The van der Waals surface area contributed by atoms with Crippen LogP contribution in [-0.2, 0) is 0 Å². The maximum atomic E-state index is 13.1. The lowest BCUT2D eigenvalue weighted by molar-refractivity contribution is 0.0752. The Hall–Kier alpha value is -2.17. The number of halogens is 1. The van der Waals surface area contributed by atoms with Crippen LogP contribution in [0, 0.1) is 6.92 Å². The fourth-order valence-corrected chi connectivity index (χ4v) is 2.54. The van der Waals surface area contributed by atoms with Crippen molar-refractivity contribution in [2.45, 2.75) is 19.5 Å². The van der Waals surface area contributed by atoms with E-state index in [4.69, 9.17) is 4.42 Å². The van der Waals surface area contributed by atoms with E-state index < -0.39 is 12.1 Å². The van der Waals surface area contributed by atoms with Crippen molar-refractivity contribution in [2.75, 3.05) is 13.1 Å². The van der Waals surface area contributed by atoms with Crippen molar-refractivity contribution in [3.05, 3.63) is 45.8 Å². The molecular formula is C15H14FNO3. The Balaban J connectivity index is 2.05. The van der Waals surface area contributed by atoms with Crippen LogP contribution in [0.4, 0.5) is 4.39 Å². The Morgan fingerprint density at radius 1 is 1.45 bits per heavy atom. The van der Waals surface area contributed by atoms with E-state index in [1.54, 1.807) is 12.1 Å². The number of likely N-dealkylation sites (tertiary alicyclic amines) is 1. The molecule has 20 heavy (non-hydrogen) atoms.